The zero-order valence-electron chi connectivity index (χ0n) is 16.9. The lowest BCUT2D eigenvalue weighted by Crippen LogP contribution is -2.47. The molecule has 0 unspecified atom stereocenters. The summed E-state index contributed by atoms with van der Waals surface area (Å²) in [5.74, 6) is 3.16. The minimum absolute atomic E-state index is 0.330. The Balaban J connectivity index is 1.25. The number of rotatable bonds is 5. The van der Waals surface area contributed by atoms with Gasteiger partial charge in [0.2, 0.25) is 11.8 Å². The quantitative estimate of drug-likeness (QED) is 0.481. The van der Waals surface area contributed by atoms with Crippen molar-refractivity contribution in [3.63, 3.8) is 0 Å². The molecule has 10 heteroatoms. The van der Waals surface area contributed by atoms with E-state index in [1.807, 2.05) is 42.5 Å². The monoisotopic (exact) mass is 416 g/mol. The highest BCUT2D eigenvalue weighted by atomic mass is 16.5. The van der Waals surface area contributed by atoms with E-state index in [1.54, 1.807) is 19.5 Å². The molecule has 4 aromatic rings. The minimum Gasteiger partial charge on any atom is -0.497 e. The zero-order valence-corrected chi connectivity index (χ0v) is 16.9. The molecule has 0 spiro atoms. The van der Waals surface area contributed by atoms with Crippen LogP contribution in [0.1, 0.15) is 0 Å². The summed E-state index contributed by atoms with van der Waals surface area (Å²) in [6.45, 7) is 3.27. The summed E-state index contributed by atoms with van der Waals surface area (Å²) in [6.07, 6.45) is 3.52. The Labute approximate surface area is 178 Å². The molecule has 5 rings (SSSR count). The van der Waals surface area contributed by atoms with Gasteiger partial charge in [-0.2, -0.15) is 4.98 Å². The lowest BCUT2D eigenvalue weighted by Gasteiger charge is -2.35. The van der Waals surface area contributed by atoms with Gasteiger partial charge in [0, 0.05) is 44.1 Å². The van der Waals surface area contributed by atoms with E-state index >= 15 is 0 Å². The number of methoxy groups -OCH3 is 1. The third-order valence-corrected chi connectivity index (χ3v) is 5.08. The Morgan fingerprint density at radius 1 is 0.871 bits per heavy atom. The van der Waals surface area contributed by atoms with Gasteiger partial charge in [-0.25, -0.2) is 9.97 Å². The van der Waals surface area contributed by atoms with Crippen LogP contribution in [-0.2, 0) is 0 Å². The summed E-state index contributed by atoms with van der Waals surface area (Å²) in [4.78, 5) is 17.4. The van der Waals surface area contributed by atoms with E-state index < -0.39 is 0 Å². The molecule has 0 saturated carbocycles. The normalized spacial score (nSPS) is 14.0. The van der Waals surface area contributed by atoms with E-state index in [9.17, 15) is 0 Å². The summed E-state index contributed by atoms with van der Waals surface area (Å²) in [5.41, 5.74) is 1.37. The maximum Gasteiger partial charge on any atom is 0.278 e. The highest BCUT2D eigenvalue weighted by Crippen LogP contribution is 2.24. The first kappa shape index (κ1) is 18.9. The molecule has 156 valence electrons. The first-order valence-electron chi connectivity index (χ1n) is 9.89. The van der Waals surface area contributed by atoms with Gasteiger partial charge in [0.25, 0.3) is 5.89 Å². The molecule has 0 amide bonds. The maximum atomic E-state index is 5.38. The topological polar surface area (TPSA) is 106 Å². The molecule has 0 atom stereocenters. The fourth-order valence-electron chi connectivity index (χ4n) is 3.38. The van der Waals surface area contributed by atoms with Crippen molar-refractivity contribution < 1.29 is 9.26 Å². The van der Waals surface area contributed by atoms with E-state index in [0.29, 0.717) is 17.4 Å². The van der Waals surface area contributed by atoms with E-state index in [2.05, 4.69) is 40.1 Å². The number of ether oxygens (including phenoxy) is 1. The molecule has 1 aliphatic rings. The number of benzene rings is 1. The standard InChI is InChI=1S/C21H20N8O2/c1-30-16-5-3-15(4-6-16)19-24-20(31-27-19)17-7-8-18(26-25-17)28-11-13-29(14-12-28)21-22-9-2-10-23-21/h2-10H,11-14H2,1H3. The van der Waals surface area contributed by atoms with Crippen LogP contribution in [0.25, 0.3) is 23.0 Å². The van der Waals surface area contributed by atoms with Crippen molar-refractivity contribution in [1.82, 2.24) is 30.3 Å². The third kappa shape index (κ3) is 4.00. The number of anilines is 2. The number of nitrogens with zero attached hydrogens (tertiary/aromatic N) is 8. The van der Waals surface area contributed by atoms with Crippen molar-refractivity contribution in [2.45, 2.75) is 0 Å². The van der Waals surface area contributed by atoms with Crippen molar-refractivity contribution >= 4 is 11.8 Å². The number of hydrogen-bond acceptors (Lipinski definition) is 10. The minimum atomic E-state index is 0.330. The van der Waals surface area contributed by atoms with Crippen molar-refractivity contribution in [3.05, 3.63) is 54.9 Å². The van der Waals surface area contributed by atoms with Gasteiger partial charge >= 0.3 is 0 Å². The largest absolute Gasteiger partial charge is 0.497 e. The van der Waals surface area contributed by atoms with E-state index in [1.165, 1.54) is 0 Å². The molecular formula is C21H20N8O2. The van der Waals surface area contributed by atoms with Crippen LogP contribution in [0.2, 0.25) is 0 Å². The second kappa shape index (κ2) is 8.34. The van der Waals surface area contributed by atoms with Crippen LogP contribution in [0.4, 0.5) is 11.8 Å². The molecule has 3 aromatic heterocycles. The Morgan fingerprint density at radius 2 is 1.61 bits per heavy atom. The van der Waals surface area contributed by atoms with Crippen LogP contribution < -0.4 is 14.5 Å². The van der Waals surface area contributed by atoms with Crippen LogP contribution in [-0.4, -0.2) is 63.6 Å². The molecule has 0 aliphatic carbocycles. The van der Waals surface area contributed by atoms with Gasteiger partial charge in [-0.3, -0.25) is 0 Å². The second-order valence-electron chi connectivity index (χ2n) is 6.95. The predicted molar refractivity (Wildman–Crippen MR) is 114 cm³/mol. The fraction of sp³-hybridized carbons (Fsp3) is 0.238. The van der Waals surface area contributed by atoms with Crippen molar-refractivity contribution in [2.24, 2.45) is 0 Å². The average molecular weight is 416 g/mol. The molecule has 0 bridgehead atoms. The van der Waals surface area contributed by atoms with Crippen molar-refractivity contribution in [3.8, 4) is 28.7 Å². The van der Waals surface area contributed by atoms with Gasteiger partial charge in [0.05, 0.1) is 7.11 Å². The Hall–Kier alpha value is -4.08. The molecule has 1 saturated heterocycles. The number of piperazine rings is 1. The molecule has 0 radical (unpaired) electrons. The van der Waals surface area contributed by atoms with Crippen LogP contribution in [0.15, 0.2) is 59.4 Å². The Morgan fingerprint density at radius 3 is 2.29 bits per heavy atom. The molecular weight excluding hydrogens is 396 g/mol. The Kier molecular flexibility index (Phi) is 5.09. The third-order valence-electron chi connectivity index (χ3n) is 5.08. The van der Waals surface area contributed by atoms with Crippen LogP contribution in [0, 0.1) is 0 Å². The summed E-state index contributed by atoms with van der Waals surface area (Å²) in [5, 5.41) is 12.7. The number of hydrogen-bond donors (Lipinski definition) is 0. The van der Waals surface area contributed by atoms with Gasteiger partial charge in [-0.05, 0) is 42.5 Å². The molecule has 0 N–H and O–H groups in total. The van der Waals surface area contributed by atoms with Gasteiger partial charge in [-0.1, -0.05) is 5.16 Å². The first-order valence-corrected chi connectivity index (χ1v) is 9.89. The van der Waals surface area contributed by atoms with Gasteiger partial charge < -0.3 is 19.1 Å². The average Bonchev–Trinajstić information content (AvgIpc) is 3.35. The molecule has 10 nitrogen and oxygen atoms in total. The SMILES string of the molecule is COc1ccc(-c2noc(-c3ccc(N4CCN(c5ncccn5)CC4)nn3)n2)cc1. The summed E-state index contributed by atoms with van der Waals surface area (Å²) in [7, 11) is 1.63. The van der Waals surface area contributed by atoms with Crippen LogP contribution in [0.5, 0.6) is 5.75 Å². The predicted octanol–water partition coefficient (Wildman–Crippen LogP) is 2.32. The summed E-state index contributed by atoms with van der Waals surface area (Å²) >= 11 is 0. The van der Waals surface area contributed by atoms with Gasteiger partial charge in [-0.15, -0.1) is 10.2 Å². The lowest BCUT2D eigenvalue weighted by atomic mass is 10.2. The molecule has 1 aliphatic heterocycles. The van der Waals surface area contributed by atoms with Gasteiger partial charge in [0.15, 0.2) is 11.5 Å². The maximum absolute atomic E-state index is 5.38. The van der Waals surface area contributed by atoms with Crippen molar-refractivity contribution in [2.75, 3.05) is 43.1 Å². The first-order chi connectivity index (χ1) is 15.3. The molecule has 1 fully saturated rings. The van der Waals surface area contributed by atoms with E-state index in [-0.39, 0.29) is 0 Å². The van der Waals surface area contributed by atoms with Crippen LogP contribution in [0.3, 0.4) is 0 Å². The highest BCUT2D eigenvalue weighted by Gasteiger charge is 2.20. The lowest BCUT2D eigenvalue weighted by molar-refractivity contribution is 0.414. The van der Waals surface area contributed by atoms with E-state index in [4.69, 9.17) is 9.26 Å². The summed E-state index contributed by atoms with van der Waals surface area (Å²) in [6, 6.07) is 13.0. The second-order valence-corrected chi connectivity index (χ2v) is 6.95. The molecule has 31 heavy (non-hydrogen) atoms. The van der Waals surface area contributed by atoms with Crippen LogP contribution >= 0.6 is 0 Å². The highest BCUT2D eigenvalue weighted by molar-refractivity contribution is 5.59. The van der Waals surface area contributed by atoms with Gasteiger partial charge in [0.1, 0.15) is 5.75 Å². The summed E-state index contributed by atoms with van der Waals surface area (Å²) < 4.78 is 10.6. The van der Waals surface area contributed by atoms with E-state index in [0.717, 1.165) is 49.3 Å². The molecule has 4 heterocycles. The molecule has 1 aromatic carbocycles. The zero-order chi connectivity index (χ0) is 21.0. The fourth-order valence-corrected chi connectivity index (χ4v) is 3.38. The Bertz CT molecular complexity index is 1120. The number of aromatic nitrogens is 6. The van der Waals surface area contributed by atoms with Crippen molar-refractivity contribution in [1.29, 1.82) is 0 Å². The smallest absolute Gasteiger partial charge is 0.278 e.